The number of fused-ring (bicyclic) bond motifs is 1. The minimum Gasteiger partial charge on any atom is -0.489 e. The van der Waals surface area contributed by atoms with Gasteiger partial charge in [-0.3, -0.25) is 19.8 Å². The fourth-order valence-electron chi connectivity index (χ4n) is 6.50. The van der Waals surface area contributed by atoms with E-state index < -0.39 is 41.5 Å². The zero-order chi connectivity index (χ0) is 42.9. The van der Waals surface area contributed by atoms with Gasteiger partial charge in [0.2, 0.25) is 0 Å². The molecule has 0 saturated carbocycles. The van der Waals surface area contributed by atoms with E-state index >= 15 is 0 Å². The number of nitrogens with zero attached hydrogens (tertiary/aromatic N) is 4. The van der Waals surface area contributed by atoms with Crippen LogP contribution in [0.15, 0.2) is 73.2 Å². The average Bonchev–Trinajstić information content (AvgIpc) is 3.66. The predicted octanol–water partition coefficient (Wildman–Crippen LogP) is 8.82. The van der Waals surface area contributed by atoms with Gasteiger partial charge in [0.15, 0.2) is 0 Å². The van der Waals surface area contributed by atoms with Crippen LogP contribution >= 0.6 is 23.2 Å². The Balaban J connectivity index is 1.31. The molecule has 5 aromatic rings. The maximum atomic E-state index is 13.3. The number of nitrogens with one attached hydrogen (secondary N) is 1. The molecule has 6 rings (SSSR count). The summed E-state index contributed by atoms with van der Waals surface area (Å²) in [6.07, 6.45) is 4.99. The summed E-state index contributed by atoms with van der Waals surface area (Å²) in [6.45, 7) is 20.1. The Hall–Kier alpha value is -4.48. The van der Waals surface area contributed by atoms with Gasteiger partial charge in [-0.2, -0.15) is 10.4 Å². The van der Waals surface area contributed by atoms with Crippen LogP contribution in [0.4, 0.5) is 0 Å². The average molecular weight is 841 g/mol. The second kappa shape index (κ2) is 17.2. The van der Waals surface area contributed by atoms with Gasteiger partial charge < -0.3 is 23.5 Å². The molecular weight excluding hydrogens is 788 g/mol. The molecule has 0 aliphatic carbocycles. The normalized spacial score (nSPS) is 15.6. The Morgan fingerprint density at radius 2 is 1.63 bits per heavy atom. The molecule has 0 amide bonds. The highest BCUT2D eigenvalue weighted by atomic mass is 35.5. The van der Waals surface area contributed by atoms with Crippen molar-refractivity contribution >= 4 is 52.7 Å². The van der Waals surface area contributed by atoms with E-state index in [2.05, 4.69) is 16.4 Å². The minimum atomic E-state index is -0.771. The Bertz CT molecular complexity index is 2360. The Morgan fingerprint density at radius 1 is 0.932 bits per heavy atom. The van der Waals surface area contributed by atoms with Crippen LogP contribution in [-0.4, -0.2) is 62.9 Å². The van der Waals surface area contributed by atoms with Crippen molar-refractivity contribution in [2.75, 3.05) is 6.61 Å². The second-order valence-electron chi connectivity index (χ2n) is 17.8. The van der Waals surface area contributed by atoms with Gasteiger partial charge in [-0.05, 0) is 105 Å². The lowest BCUT2D eigenvalue weighted by molar-refractivity contribution is -0.160. The number of hydrogen-bond donors (Lipinski definition) is 1. The van der Waals surface area contributed by atoms with E-state index in [9.17, 15) is 10.1 Å². The molecule has 1 aliphatic heterocycles. The molecule has 1 fully saturated rings. The molecular formula is C45H52BCl2N5O6. The van der Waals surface area contributed by atoms with Crippen LogP contribution in [-0.2, 0) is 43.3 Å². The molecule has 0 spiro atoms. The molecule has 0 radical (unpaired) electrons. The zero-order valence-electron chi connectivity index (χ0n) is 35.4. The van der Waals surface area contributed by atoms with Crippen LogP contribution in [0, 0.1) is 11.3 Å². The molecule has 3 aromatic carbocycles. The topological polar surface area (TPSA) is 130 Å². The number of nitriles is 1. The highest BCUT2D eigenvalue weighted by Gasteiger charge is 2.52. The van der Waals surface area contributed by atoms with Crippen LogP contribution in [0.5, 0.6) is 5.75 Å². The van der Waals surface area contributed by atoms with Gasteiger partial charge in [0.05, 0.1) is 47.2 Å². The fourth-order valence-corrected chi connectivity index (χ4v) is 7.07. The van der Waals surface area contributed by atoms with E-state index in [-0.39, 0.29) is 19.8 Å². The Morgan fingerprint density at radius 3 is 2.31 bits per heavy atom. The number of carbonyl (C=O) groups is 1. The smallest absolute Gasteiger partial charge is 0.489 e. The number of pyridine rings is 1. The SMILES string of the molecule is CC(C)(C)OC[C@H](NCc1cc(Cl)c(Cn2ncc3c(-c4cccc(B5OC(C)(C)C(C)(C)O5)c4Cl)cccc32)cc1OCc1cncc(C#N)c1)C(=O)OC(C)(C)C. The first-order valence-electron chi connectivity index (χ1n) is 19.6. The van der Waals surface area contributed by atoms with E-state index in [1.807, 2.05) is 129 Å². The maximum absolute atomic E-state index is 13.3. The third-order valence-corrected chi connectivity index (χ3v) is 11.1. The van der Waals surface area contributed by atoms with Gasteiger partial charge >= 0.3 is 13.1 Å². The number of benzene rings is 3. The number of rotatable bonds is 13. The van der Waals surface area contributed by atoms with Crippen molar-refractivity contribution in [1.82, 2.24) is 20.1 Å². The zero-order valence-corrected chi connectivity index (χ0v) is 36.9. The van der Waals surface area contributed by atoms with Gasteiger partial charge in [-0.25, -0.2) is 0 Å². The van der Waals surface area contributed by atoms with Crippen LogP contribution in [0.1, 0.15) is 91.5 Å². The standard InChI is InChI=1S/C45H52BCl2N5O6/c1-42(2,3)56-27-37(41(54)57-43(4,5)6)51-23-30-18-36(47)31(19-39(30)55-26-29-17-28(20-49)21-50-22-29)25-53-38-16-12-13-32(34(38)24-52-53)33-14-11-15-35(40(33)48)46-58-44(7,8)45(9,10)59-46/h11-19,21-22,24,37,51H,23,25-27H2,1-10H3/t37-/m0/s1. The van der Waals surface area contributed by atoms with Crippen molar-refractivity contribution in [3.63, 3.8) is 0 Å². The maximum Gasteiger partial charge on any atom is 0.496 e. The molecule has 0 unspecified atom stereocenters. The highest BCUT2D eigenvalue weighted by Crippen LogP contribution is 2.39. The van der Waals surface area contributed by atoms with Crippen molar-refractivity contribution < 1.29 is 28.3 Å². The van der Waals surface area contributed by atoms with Gasteiger partial charge in [-0.15, -0.1) is 0 Å². The number of esters is 1. The molecule has 14 heteroatoms. The van der Waals surface area contributed by atoms with E-state index in [4.69, 9.17) is 51.8 Å². The lowest BCUT2D eigenvalue weighted by Gasteiger charge is -2.32. The summed E-state index contributed by atoms with van der Waals surface area (Å²) >= 11 is 14.2. The van der Waals surface area contributed by atoms with E-state index in [0.29, 0.717) is 33.5 Å². The van der Waals surface area contributed by atoms with Gasteiger partial charge in [-0.1, -0.05) is 53.5 Å². The number of halogens is 2. The summed E-state index contributed by atoms with van der Waals surface area (Å²) in [7, 11) is -0.613. The minimum absolute atomic E-state index is 0.0927. The second-order valence-corrected chi connectivity index (χ2v) is 18.5. The number of aromatic nitrogens is 3. The van der Waals surface area contributed by atoms with Gasteiger partial charge in [0.25, 0.3) is 0 Å². The van der Waals surface area contributed by atoms with Crippen molar-refractivity contribution in [3.05, 3.63) is 105 Å². The third-order valence-electron chi connectivity index (χ3n) is 10.3. The summed E-state index contributed by atoms with van der Waals surface area (Å²) in [6, 6.07) is 18.7. The first kappa shape index (κ1) is 44.1. The first-order chi connectivity index (χ1) is 27.6. The molecule has 0 bridgehead atoms. The molecule has 1 aliphatic rings. The molecule has 310 valence electrons. The van der Waals surface area contributed by atoms with Crippen molar-refractivity contribution in [2.45, 2.75) is 117 Å². The van der Waals surface area contributed by atoms with Gasteiger partial charge in [0.1, 0.15) is 30.1 Å². The molecule has 1 atom stereocenters. The molecule has 2 aromatic heterocycles. The first-order valence-corrected chi connectivity index (χ1v) is 20.4. The number of hydrogen-bond acceptors (Lipinski definition) is 10. The van der Waals surface area contributed by atoms with Crippen LogP contribution in [0.2, 0.25) is 10.0 Å². The number of ether oxygens (including phenoxy) is 3. The summed E-state index contributed by atoms with van der Waals surface area (Å²) < 4.78 is 32.8. The van der Waals surface area contributed by atoms with E-state index in [1.165, 1.54) is 6.20 Å². The van der Waals surface area contributed by atoms with E-state index in [0.717, 1.165) is 38.6 Å². The monoisotopic (exact) mass is 839 g/mol. The Kier molecular flexibility index (Phi) is 12.9. The fraction of sp³-hybridized carbons (Fsp3) is 0.422. The van der Waals surface area contributed by atoms with Crippen molar-refractivity contribution in [1.29, 1.82) is 5.26 Å². The van der Waals surface area contributed by atoms with Crippen LogP contribution in [0.3, 0.4) is 0 Å². The number of carbonyl (C=O) groups excluding carboxylic acids is 1. The molecule has 11 nitrogen and oxygen atoms in total. The van der Waals surface area contributed by atoms with Crippen molar-refractivity contribution in [2.24, 2.45) is 0 Å². The molecule has 1 N–H and O–H groups in total. The van der Waals surface area contributed by atoms with Crippen molar-refractivity contribution in [3.8, 4) is 22.9 Å². The lowest BCUT2D eigenvalue weighted by Crippen LogP contribution is -2.45. The van der Waals surface area contributed by atoms with E-state index in [1.54, 1.807) is 12.3 Å². The third kappa shape index (κ3) is 10.5. The molecule has 3 heterocycles. The summed E-state index contributed by atoms with van der Waals surface area (Å²) in [5, 5.41) is 19.5. The molecule has 59 heavy (non-hydrogen) atoms. The predicted molar refractivity (Wildman–Crippen MR) is 232 cm³/mol. The van der Waals surface area contributed by atoms with Gasteiger partial charge in [0, 0.05) is 56.5 Å². The van der Waals surface area contributed by atoms with Crippen LogP contribution in [0.25, 0.3) is 22.0 Å². The Labute approximate surface area is 357 Å². The highest BCUT2D eigenvalue weighted by molar-refractivity contribution is 6.66. The quantitative estimate of drug-likeness (QED) is 0.0907. The largest absolute Gasteiger partial charge is 0.496 e. The molecule has 1 saturated heterocycles. The van der Waals surface area contributed by atoms with Crippen LogP contribution < -0.4 is 15.5 Å². The summed E-state index contributed by atoms with van der Waals surface area (Å²) in [5.41, 5.74) is 3.80. The lowest BCUT2D eigenvalue weighted by atomic mass is 9.77. The summed E-state index contributed by atoms with van der Waals surface area (Å²) in [5.74, 6) is 0.0970. The summed E-state index contributed by atoms with van der Waals surface area (Å²) in [4.78, 5) is 17.5.